The Morgan fingerprint density at radius 1 is 1.14 bits per heavy atom. The number of carbonyl (C=O) groups is 2. The fraction of sp³-hybridized carbons (Fsp3) is 0.393. The van der Waals surface area contributed by atoms with Crippen molar-refractivity contribution < 1.29 is 14.3 Å². The van der Waals surface area contributed by atoms with Crippen molar-refractivity contribution in [2.24, 2.45) is 12.5 Å². The maximum atomic E-state index is 13.1. The van der Waals surface area contributed by atoms with Crippen molar-refractivity contribution in [2.75, 3.05) is 5.32 Å². The number of carbonyl (C=O) groups excluding carboxylic acids is 2. The molecule has 2 aromatic carbocycles. The fourth-order valence-electron chi connectivity index (χ4n) is 4.19. The van der Waals surface area contributed by atoms with E-state index in [0.717, 1.165) is 18.5 Å². The van der Waals surface area contributed by atoms with Crippen LogP contribution >= 0.6 is 11.6 Å². The zero-order chi connectivity index (χ0) is 26.0. The van der Waals surface area contributed by atoms with Crippen LogP contribution in [-0.4, -0.2) is 27.2 Å². The molecule has 0 radical (unpaired) electrons. The third-order valence-electron chi connectivity index (χ3n) is 6.55. The fourth-order valence-corrected chi connectivity index (χ4v) is 4.37. The van der Waals surface area contributed by atoms with Crippen molar-refractivity contribution in [3.05, 3.63) is 75.2 Å². The van der Waals surface area contributed by atoms with E-state index >= 15 is 0 Å². The summed E-state index contributed by atoms with van der Waals surface area (Å²) < 4.78 is 9.14. The minimum atomic E-state index is -0.461. The Balaban J connectivity index is 1.41. The van der Waals surface area contributed by atoms with Gasteiger partial charge in [0.15, 0.2) is 5.78 Å². The second-order valence-electron chi connectivity index (χ2n) is 10.2. The average molecular weight is 510 g/mol. The highest BCUT2D eigenvalue weighted by Crippen LogP contribution is 2.33. The molecule has 0 aliphatic heterocycles. The Morgan fingerprint density at radius 3 is 2.50 bits per heavy atom. The van der Waals surface area contributed by atoms with E-state index < -0.39 is 5.41 Å². The monoisotopic (exact) mass is 509 g/mol. The first-order chi connectivity index (χ1) is 17.1. The first-order valence-corrected chi connectivity index (χ1v) is 12.6. The molecule has 7 nitrogen and oxygen atoms in total. The minimum Gasteiger partial charge on any atom is -0.490 e. The van der Waals surface area contributed by atoms with E-state index in [2.05, 4.69) is 5.32 Å². The molecule has 1 amide bonds. The van der Waals surface area contributed by atoms with E-state index in [0.29, 0.717) is 28.5 Å². The highest BCUT2D eigenvalue weighted by atomic mass is 35.5. The van der Waals surface area contributed by atoms with E-state index in [1.54, 1.807) is 36.9 Å². The summed E-state index contributed by atoms with van der Waals surface area (Å²) in [6, 6.07) is 14.4. The van der Waals surface area contributed by atoms with Crippen molar-refractivity contribution in [3.8, 4) is 11.4 Å². The summed E-state index contributed by atoms with van der Waals surface area (Å²) in [5, 5.41) is 3.30. The van der Waals surface area contributed by atoms with Gasteiger partial charge in [-0.3, -0.25) is 19.1 Å². The zero-order valence-corrected chi connectivity index (χ0v) is 21.9. The second-order valence-corrected chi connectivity index (χ2v) is 10.6. The van der Waals surface area contributed by atoms with Crippen LogP contribution in [0.15, 0.2) is 53.3 Å². The number of ether oxygens (including phenoxy) is 1. The Labute approximate surface area is 216 Å². The summed E-state index contributed by atoms with van der Waals surface area (Å²) in [4.78, 5) is 39.0. The van der Waals surface area contributed by atoms with Crippen LogP contribution in [0.25, 0.3) is 5.69 Å². The van der Waals surface area contributed by atoms with Gasteiger partial charge in [-0.25, -0.2) is 4.68 Å². The Hall–Kier alpha value is -3.32. The van der Waals surface area contributed by atoms with Crippen LogP contribution in [0.5, 0.6) is 5.75 Å². The highest BCUT2D eigenvalue weighted by molar-refractivity contribution is 6.31. The van der Waals surface area contributed by atoms with Gasteiger partial charge in [-0.05, 0) is 61.9 Å². The van der Waals surface area contributed by atoms with Gasteiger partial charge in [-0.1, -0.05) is 43.6 Å². The number of para-hydroxylation sites is 1. The molecule has 3 aromatic rings. The number of rotatable bonds is 10. The van der Waals surface area contributed by atoms with Crippen LogP contribution in [0, 0.1) is 12.3 Å². The molecule has 0 atom stereocenters. The number of amides is 1. The van der Waals surface area contributed by atoms with Crippen LogP contribution in [0.3, 0.4) is 0 Å². The van der Waals surface area contributed by atoms with Gasteiger partial charge in [0.05, 0.1) is 23.0 Å². The third kappa shape index (κ3) is 5.90. The van der Waals surface area contributed by atoms with E-state index in [1.807, 2.05) is 44.2 Å². The number of benzene rings is 2. The van der Waals surface area contributed by atoms with E-state index in [1.165, 1.54) is 4.68 Å². The molecule has 0 unspecified atom stereocenters. The lowest BCUT2D eigenvalue weighted by molar-refractivity contribution is -0.118. The number of hydrogen-bond acceptors (Lipinski definition) is 4. The maximum absolute atomic E-state index is 13.1. The average Bonchev–Trinajstić information content (AvgIpc) is 3.63. The Morgan fingerprint density at radius 2 is 1.83 bits per heavy atom. The molecule has 0 saturated heterocycles. The largest absolute Gasteiger partial charge is 0.490 e. The van der Waals surface area contributed by atoms with Crippen LogP contribution in [0.4, 0.5) is 5.69 Å². The van der Waals surface area contributed by atoms with Gasteiger partial charge in [-0.15, -0.1) is 0 Å². The number of Topliss-reactive ketones (excluding diaryl/α,β-unsaturated/α-hetero) is 1. The molecular weight excluding hydrogens is 478 g/mol. The summed E-state index contributed by atoms with van der Waals surface area (Å²) in [5.74, 6) is 0.238. The molecule has 190 valence electrons. The van der Waals surface area contributed by atoms with Crippen LogP contribution in [-0.2, 0) is 11.8 Å². The number of nitrogens with zero attached hydrogens (tertiary/aromatic N) is 2. The lowest BCUT2D eigenvalue weighted by Gasteiger charge is -2.23. The molecule has 4 rings (SSSR count). The van der Waals surface area contributed by atoms with Gasteiger partial charge < -0.3 is 10.1 Å². The lowest BCUT2D eigenvalue weighted by atomic mass is 9.82. The number of halogens is 1. The summed E-state index contributed by atoms with van der Waals surface area (Å²) in [6.45, 7) is 5.69. The summed E-state index contributed by atoms with van der Waals surface area (Å²) >= 11 is 6.14. The van der Waals surface area contributed by atoms with Crippen LogP contribution < -0.4 is 15.6 Å². The summed E-state index contributed by atoms with van der Waals surface area (Å²) in [5.41, 5.74) is 1.38. The van der Waals surface area contributed by atoms with Crippen LogP contribution in [0.1, 0.15) is 62.0 Å². The summed E-state index contributed by atoms with van der Waals surface area (Å²) in [7, 11) is 1.78. The van der Waals surface area contributed by atoms with E-state index in [-0.39, 0.29) is 41.9 Å². The molecule has 1 aliphatic carbocycles. The Bertz CT molecular complexity index is 1340. The van der Waals surface area contributed by atoms with Gasteiger partial charge in [-0.2, -0.15) is 0 Å². The van der Waals surface area contributed by atoms with Crippen molar-refractivity contribution in [2.45, 2.75) is 59.0 Å². The molecule has 0 spiro atoms. The topological polar surface area (TPSA) is 82.3 Å². The van der Waals surface area contributed by atoms with Gasteiger partial charge in [0.25, 0.3) is 5.56 Å². The number of ketones is 1. The SMILES string of the molecule is Cc1c(NC(=O)CC(C)(C)CCC(=O)c2cc(Cl)ccc2OC2CC2)c(=O)n(-c2ccccc2)n1C. The zero-order valence-electron chi connectivity index (χ0n) is 21.1. The minimum absolute atomic E-state index is 0.0636. The number of hydrogen-bond donors (Lipinski definition) is 1. The number of anilines is 1. The lowest BCUT2D eigenvalue weighted by Crippen LogP contribution is -2.26. The molecule has 1 fully saturated rings. The molecule has 1 N–H and O–H groups in total. The first kappa shape index (κ1) is 25.8. The van der Waals surface area contributed by atoms with Gasteiger partial charge in [0.2, 0.25) is 5.91 Å². The molecule has 1 aromatic heterocycles. The standard InChI is InChI=1S/C28H32ClN3O4/c1-18-26(27(35)32(31(18)4)20-8-6-5-7-9-20)30-25(34)17-28(2,3)15-14-23(33)22-16-19(29)10-13-24(22)36-21-11-12-21/h5-10,13,16,21H,11-12,14-15,17H2,1-4H3,(H,30,34). The molecule has 1 aliphatic rings. The van der Waals surface area contributed by atoms with E-state index in [4.69, 9.17) is 16.3 Å². The predicted molar refractivity (Wildman–Crippen MR) is 141 cm³/mol. The number of aromatic nitrogens is 2. The van der Waals surface area contributed by atoms with Crippen molar-refractivity contribution >= 4 is 29.0 Å². The van der Waals surface area contributed by atoms with Gasteiger partial charge >= 0.3 is 0 Å². The van der Waals surface area contributed by atoms with Gasteiger partial charge in [0.1, 0.15) is 11.4 Å². The third-order valence-corrected chi connectivity index (χ3v) is 6.78. The number of nitrogens with one attached hydrogen (secondary N) is 1. The maximum Gasteiger partial charge on any atom is 0.295 e. The molecule has 0 bridgehead atoms. The molecular formula is C28H32ClN3O4. The molecule has 1 saturated carbocycles. The molecule has 1 heterocycles. The van der Waals surface area contributed by atoms with Crippen LogP contribution in [0.2, 0.25) is 5.02 Å². The first-order valence-electron chi connectivity index (χ1n) is 12.2. The van der Waals surface area contributed by atoms with Crippen molar-refractivity contribution in [3.63, 3.8) is 0 Å². The second kappa shape index (κ2) is 10.3. The predicted octanol–water partition coefficient (Wildman–Crippen LogP) is 5.70. The van der Waals surface area contributed by atoms with Crippen molar-refractivity contribution in [1.82, 2.24) is 9.36 Å². The highest BCUT2D eigenvalue weighted by Gasteiger charge is 2.28. The molecule has 8 heteroatoms. The summed E-state index contributed by atoms with van der Waals surface area (Å²) in [6.07, 6.45) is 3.08. The van der Waals surface area contributed by atoms with E-state index in [9.17, 15) is 14.4 Å². The quantitative estimate of drug-likeness (QED) is 0.355. The normalized spacial score (nSPS) is 13.5. The Kier molecular flexibility index (Phi) is 7.41. The van der Waals surface area contributed by atoms with Crippen molar-refractivity contribution in [1.29, 1.82) is 0 Å². The molecule has 36 heavy (non-hydrogen) atoms. The smallest absolute Gasteiger partial charge is 0.295 e. The van der Waals surface area contributed by atoms with Gasteiger partial charge in [0, 0.05) is 24.9 Å².